The summed E-state index contributed by atoms with van der Waals surface area (Å²) in [5, 5.41) is 6.97. The van der Waals surface area contributed by atoms with Crippen LogP contribution in [0.15, 0.2) is 53.5 Å². The van der Waals surface area contributed by atoms with Gasteiger partial charge in [0, 0.05) is 37.3 Å². The molecule has 0 spiro atoms. The maximum absolute atomic E-state index is 5.65. The van der Waals surface area contributed by atoms with Crippen LogP contribution in [0.3, 0.4) is 0 Å². The number of ether oxygens (including phenoxy) is 2. The van der Waals surface area contributed by atoms with Crippen molar-refractivity contribution in [3.63, 3.8) is 0 Å². The predicted octanol–water partition coefficient (Wildman–Crippen LogP) is 4.43. The van der Waals surface area contributed by atoms with Gasteiger partial charge in [0.15, 0.2) is 5.96 Å². The van der Waals surface area contributed by atoms with Crippen molar-refractivity contribution in [2.24, 2.45) is 4.99 Å². The summed E-state index contributed by atoms with van der Waals surface area (Å²) in [5.74, 6) is 1.71. The highest BCUT2D eigenvalue weighted by Crippen LogP contribution is 2.34. The molecule has 0 saturated carbocycles. The summed E-state index contributed by atoms with van der Waals surface area (Å²) >= 11 is 0. The molecule has 2 N–H and O–H groups in total. The minimum Gasteiger partial charge on any atom is -0.496 e. The fourth-order valence-electron chi connectivity index (χ4n) is 3.86. The van der Waals surface area contributed by atoms with E-state index in [1.54, 1.807) is 7.11 Å². The van der Waals surface area contributed by atoms with Crippen LogP contribution in [-0.2, 0) is 16.7 Å². The molecule has 5 nitrogen and oxygen atoms in total. The van der Waals surface area contributed by atoms with Crippen LogP contribution in [-0.4, -0.2) is 39.4 Å². The van der Waals surface area contributed by atoms with Gasteiger partial charge in [-0.15, -0.1) is 24.0 Å². The molecule has 0 unspecified atom stereocenters. The first-order valence-electron chi connectivity index (χ1n) is 10.5. The second-order valence-electron chi connectivity index (χ2n) is 7.62. The number of rotatable bonds is 7. The number of hydrogen-bond acceptors (Lipinski definition) is 3. The lowest BCUT2D eigenvalue weighted by molar-refractivity contribution is 0.0514. The van der Waals surface area contributed by atoms with E-state index in [-0.39, 0.29) is 29.4 Å². The Morgan fingerprint density at radius 2 is 1.83 bits per heavy atom. The minimum atomic E-state index is 0. The lowest BCUT2D eigenvalue weighted by Gasteiger charge is -2.38. The molecule has 3 rings (SSSR count). The molecule has 164 valence electrons. The van der Waals surface area contributed by atoms with E-state index in [1.807, 2.05) is 0 Å². The molecule has 1 heterocycles. The largest absolute Gasteiger partial charge is 0.496 e. The average Bonchev–Trinajstić information content (AvgIpc) is 2.77. The third-order valence-corrected chi connectivity index (χ3v) is 5.62. The van der Waals surface area contributed by atoms with Crippen LogP contribution in [0.4, 0.5) is 0 Å². The van der Waals surface area contributed by atoms with Gasteiger partial charge in [0.05, 0.1) is 13.7 Å². The van der Waals surface area contributed by atoms with Gasteiger partial charge in [-0.05, 0) is 43.9 Å². The van der Waals surface area contributed by atoms with Gasteiger partial charge in [-0.25, -0.2) is 4.99 Å². The molecule has 2 aromatic rings. The molecule has 1 fully saturated rings. The Morgan fingerprint density at radius 1 is 1.10 bits per heavy atom. The molecular formula is C24H34IN3O2. The average molecular weight is 523 g/mol. The summed E-state index contributed by atoms with van der Waals surface area (Å²) < 4.78 is 11.2. The number of aryl methyl sites for hydroxylation is 1. The van der Waals surface area contributed by atoms with Crippen LogP contribution < -0.4 is 15.4 Å². The van der Waals surface area contributed by atoms with Gasteiger partial charge < -0.3 is 20.1 Å². The molecular weight excluding hydrogens is 489 g/mol. The van der Waals surface area contributed by atoms with Crippen molar-refractivity contribution < 1.29 is 9.47 Å². The van der Waals surface area contributed by atoms with Crippen LogP contribution in [0.2, 0.25) is 0 Å². The summed E-state index contributed by atoms with van der Waals surface area (Å²) in [4.78, 5) is 4.81. The Morgan fingerprint density at radius 3 is 2.50 bits per heavy atom. The van der Waals surface area contributed by atoms with Crippen LogP contribution in [0.5, 0.6) is 5.75 Å². The Balaban J connectivity index is 0.00000320. The Kier molecular flexibility index (Phi) is 9.91. The van der Waals surface area contributed by atoms with Gasteiger partial charge in [0.1, 0.15) is 5.75 Å². The number of nitrogens with one attached hydrogen (secondary N) is 2. The van der Waals surface area contributed by atoms with E-state index in [1.165, 1.54) is 11.1 Å². The van der Waals surface area contributed by atoms with E-state index in [0.717, 1.165) is 56.4 Å². The standard InChI is InChI=1S/C24H33N3O2.HI/c1-4-25-23(26-17-20-11-10-19(2)16-22(20)28-3)27-18-24(12-14-29-15-13-24)21-8-6-5-7-9-21;/h5-11,16H,4,12-15,17-18H2,1-3H3,(H2,25,26,27);1H. The van der Waals surface area contributed by atoms with Crippen molar-refractivity contribution >= 4 is 29.9 Å². The second kappa shape index (κ2) is 12.2. The maximum Gasteiger partial charge on any atom is 0.191 e. The van der Waals surface area contributed by atoms with Crippen LogP contribution in [0.1, 0.15) is 36.5 Å². The molecule has 0 aliphatic carbocycles. The summed E-state index contributed by atoms with van der Waals surface area (Å²) in [7, 11) is 1.71. The summed E-state index contributed by atoms with van der Waals surface area (Å²) in [6.07, 6.45) is 2.02. The van der Waals surface area contributed by atoms with Crippen molar-refractivity contribution in [1.29, 1.82) is 0 Å². The molecule has 30 heavy (non-hydrogen) atoms. The first kappa shape index (κ1) is 24.5. The van der Waals surface area contributed by atoms with Crippen LogP contribution >= 0.6 is 24.0 Å². The second-order valence-corrected chi connectivity index (χ2v) is 7.62. The lowest BCUT2D eigenvalue weighted by atomic mass is 9.74. The smallest absolute Gasteiger partial charge is 0.191 e. The zero-order chi connectivity index (χ0) is 20.5. The van der Waals surface area contributed by atoms with Crippen LogP contribution in [0, 0.1) is 6.92 Å². The number of benzene rings is 2. The minimum absolute atomic E-state index is 0. The van der Waals surface area contributed by atoms with Crippen LogP contribution in [0.25, 0.3) is 0 Å². The van der Waals surface area contributed by atoms with Gasteiger partial charge in [-0.2, -0.15) is 0 Å². The highest BCUT2D eigenvalue weighted by atomic mass is 127. The molecule has 1 aliphatic rings. The molecule has 2 aromatic carbocycles. The van der Waals surface area contributed by atoms with Crippen molar-refractivity contribution in [3.05, 3.63) is 65.2 Å². The van der Waals surface area contributed by atoms with Gasteiger partial charge >= 0.3 is 0 Å². The number of hydrogen-bond donors (Lipinski definition) is 2. The van der Waals surface area contributed by atoms with E-state index in [2.05, 4.69) is 73.0 Å². The number of aliphatic imine (C=N–C) groups is 1. The van der Waals surface area contributed by atoms with Gasteiger partial charge in [0.2, 0.25) is 0 Å². The summed E-state index contributed by atoms with van der Waals surface area (Å²) in [6, 6.07) is 17.0. The number of guanidine groups is 1. The third-order valence-electron chi connectivity index (χ3n) is 5.62. The third kappa shape index (κ3) is 6.35. The zero-order valence-electron chi connectivity index (χ0n) is 18.2. The Hall–Kier alpha value is -1.80. The fraction of sp³-hybridized carbons (Fsp3) is 0.458. The van der Waals surface area contributed by atoms with E-state index in [4.69, 9.17) is 14.5 Å². The zero-order valence-corrected chi connectivity index (χ0v) is 20.6. The van der Waals surface area contributed by atoms with Gasteiger partial charge in [-0.3, -0.25) is 0 Å². The normalized spacial score (nSPS) is 15.8. The monoisotopic (exact) mass is 523 g/mol. The number of nitrogens with zero attached hydrogens (tertiary/aromatic N) is 1. The Labute approximate surface area is 197 Å². The molecule has 1 aliphatic heterocycles. The Bertz CT molecular complexity index is 805. The van der Waals surface area contributed by atoms with Crippen molar-refractivity contribution in [3.8, 4) is 5.75 Å². The first-order chi connectivity index (χ1) is 14.2. The van der Waals surface area contributed by atoms with E-state index in [9.17, 15) is 0 Å². The topological polar surface area (TPSA) is 54.9 Å². The number of methoxy groups -OCH3 is 1. The van der Waals surface area contributed by atoms with Crippen molar-refractivity contribution in [1.82, 2.24) is 10.6 Å². The number of halogens is 1. The fourth-order valence-corrected chi connectivity index (χ4v) is 3.86. The highest BCUT2D eigenvalue weighted by Gasteiger charge is 2.34. The lowest BCUT2D eigenvalue weighted by Crippen LogP contribution is -2.48. The SMILES string of the molecule is CCNC(=NCc1ccc(C)cc1OC)NCC1(c2ccccc2)CCOCC1.I. The summed E-state index contributed by atoms with van der Waals surface area (Å²) in [5.41, 5.74) is 3.70. The molecule has 0 atom stereocenters. The predicted molar refractivity (Wildman–Crippen MR) is 134 cm³/mol. The van der Waals surface area contributed by atoms with Crippen molar-refractivity contribution in [2.75, 3.05) is 33.4 Å². The van der Waals surface area contributed by atoms with E-state index < -0.39 is 0 Å². The molecule has 0 bridgehead atoms. The molecule has 0 amide bonds. The molecule has 0 radical (unpaired) electrons. The summed E-state index contributed by atoms with van der Waals surface area (Å²) in [6.45, 7) is 7.97. The van der Waals surface area contributed by atoms with E-state index in [0.29, 0.717) is 6.54 Å². The maximum atomic E-state index is 5.65. The van der Waals surface area contributed by atoms with Gasteiger partial charge in [-0.1, -0.05) is 42.5 Å². The molecule has 0 aromatic heterocycles. The molecule has 1 saturated heterocycles. The first-order valence-corrected chi connectivity index (χ1v) is 10.5. The van der Waals surface area contributed by atoms with Gasteiger partial charge in [0.25, 0.3) is 0 Å². The van der Waals surface area contributed by atoms with E-state index >= 15 is 0 Å². The highest BCUT2D eigenvalue weighted by molar-refractivity contribution is 14.0. The quantitative estimate of drug-likeness (QED) is 0.321. The molecule has 6 heteroatoms. The van der Waals surface area contributed by atoms with Crippen molar-refractivity contribution in [2.45, 2.75) is 38.6 Å².